The summed E-state index contributed by atoms with van der Waals surface area (Å²) in [6.07, 6.45) is 5.24. The van der Waals surface area contributed by atoms with Crippen LogP contribution in [0.1, 0.15) is 5.69 Å². The molecular formula is C11H10N4S. The number of hydrogen-bond acceptors (Lipinski definition) is 3. The Bertz CT molecular complexity index is 545. The van der Waals surface area contributed by atoms with E-state index in [-0.39, 0.29) is 5.84 Å². The lowest BCUT2D eigenvalue weighted by atomic mass is 10.2. The number of aromatic nitrogens is 2. The molecule has 0 saturated heterocycles. The van der Waals surface area contributed by atoms with Crippen molar-refractivity contribution in [2.75, 3.05) is 0 Å². The van der Waals surface area contributed by atoms with E-state index >= 15 is 0 Å². The number of rotatable bonds is 3. The third-order valence-electron chi connectivity index (χ3n) is 2.11. The van der Waals surface area contributed by atoms with Crippen molar-refractivity contribution in [2.24, 2.45) is 5.73 Å². The van der Waals surface area contributed by atoms with E-state index in [9.17, 15) is 0 Å². The molecule has 0 spiro atoms. The summed E-state index contributed by atoms with van der Waals surface area (Å²) in [5.41, 5.74) is 7.83. The van der Waals surface area contributed by atoms with Gasteiger partial charge in [0.2, 0.25) is 0 Å². The summed E-state index contributed by atoms with van der Waals surface area (Å²) in [6, 6.07) is 3.75. The van der Waals surface area contributed by atoms with Crippen molar-refractivity contribution in [2.45, 2.75) is 6.54 Å². The Morgan fingerprint density at radius 3 is 3.06 bits per heavy atom. The molecule has 0 bridgehead atoms. The van der Waals surface area contributed by atoms with Gasteiger partial charge in [-0.1, -0.05) is 5.92 Å². The third-order valence-corrected chi connectivity index (χ3v) is 2.80. The normalized spacial score (nSPS) is 9.94. The van der Waals surface area contributed by atoms with Crippen LogP contribution in [-0.4, -0.2) is 15.6 Å². The van der Waals surface area contributed by atoms with Crippen LogP contribution in [0.25, 0.3) is 11.3 Å². The predicted molar refractivity (Wildman–Crippen MR) is 65.4 cm³/mol. The van der Waals surface area contributed by atoms with E-state index in [2.05, 4.69) is 11.0 Å². The predicted octanol–water partition coefficient (Wildman–Crippen LogP) is 1.53. The van der Waals surface area contributed by atoms with Crippen LogP contribution in [0.3, 0.4) is 0 Å². The number of nitrogens with one attached hydrogen (secondary N) is 1. The summed E-state index contributed by atoms with van der Waals surface area (Å²) in [5, 5.41) is 15.7. The lowest BCUT2D eigenvalue weighted by Crippen LogP contribution is -2.17. The molecule has 0 aromatic carbocycles. The Kier molecular flexibility index (Phi) is 2.75. The molecule has 0 atom stereocenters. The van der Waals surface area contributed by atoms with Crippen molar-refractivity contribution in [1.29, 1.82) is 5.41 Å². The minimum absolute atomic E-state index is 0.0239. The molecule has 4 nitrogen and oxygen atoms in total. The second-order valence-corrected chi connectivity index (χ2v) is 3.98. The molecule has 16 heavy (non-hydrogen) atoms. The van der Waals surface area contributed by atoms with Crippen LogP contribution in [0.4, 0.5) is 0 Å². The van der Waals surface area contributed by atoms with Gasteiger partial charge in [-0.25, -0.2) is 4.68 Å². The van der Waals surface area contributed by atoms with Gasteiger partial charge in [-0.2, -0.15) is 16.4 Å². The van der Waals surface area contributed by atoms with E-state index < -0.39 is 0 Å². The summed E-state index contributed by atoms with van der Waals surface area (Å²) in [5.74, 6) is 2.46. The molecule has 0 aliphatic rings. The highest BCUT2D eigenvalue weighted by atomic mass is 32.1. The molecule has 0 aliphatic carbocycles. The van der Waals surface area contributed by atoms with Crippen molar-refractivity contribution < 1.29 is 0 Å². The lowest BCUT2D eigenvalue weighted by molar-refractivity contribution is 0.710. The Labute approximate surface area is 97.2 Å². The zero-order valence-electron chi connectivity index (χ0n) is 8.47. The topological polar surface area (TPSA) is 67.7 Å². The number of nitrogens with zero attached hydrogens (tertiary/aromatic N) is 2. The lowest BCUT2D eigenvalue weighted by Gasteiger charge is -1.99. The van der Waals surface area contributed by atoms with E-state index in [1.165, 1.54) is 0 Å². The van der Waals surface area contributed by atoms with Crippen molar-refractivity contribution in [3.63, 3.8) is 0 Å². The van der Waals surface area contributed by atoms with Gasteiger partial charge in [0.1, 0.15) is 18.1 Å². The van der Waals surface area contributed by atoms with Gasteiger partial charge in [-0.05, 0) is 17.5 Å². The molecule has 0 aliphatic heterocycles. The quantitative estimate of drug-likeness (QED) is 0.477. The molecule has 80 valence electrons. The largest absolute Gasteiger partial charge is 0.382 e. The fraction of sp³-hybridized carbons (Fsp3) is 0.0909. The van der Waals surface area contributed by atoms with E-state index in [4.69, 9.17) is 17.6 Å². The second kappa shape index (κ2) is 4.21. The summed E-state index contributed by atoms with van der Waals surface area (Å²) < 4.78 is 1.56. The van der Waals surface area contributed by atoms with E-state index in [1.54, 1.807) is 22.1 Å². The smallest absolute Gasteiger partial charge is 0.141 e. The molecule has 2 aromatic heterocycles. The van der Waals surface area contributed by atoms with Crippen LogP contribution in [0.5, 0.6) is 0 Å². The summed E-state index contributed by atoms with van der Waals surface area (Å²) in [7, 11) is 0. The number of nitrogens with two attached hydrogens (primary N) is 1. The number of terminal acetylenes is 1. The molecule has 0 fully saturated rings. The summed E-state index contributed by atoms with van der Waals surface area (Å²) in [6.45, 7) is 0.319. The van der Waals surface area contributed by atoms with Gasteiger partial charge < -0.3 is 5.73 Å². The third kappa shape index (κ3) is 1.83. The molecule has 0 amide bonds. The molecule has 2 aromatic rings. The van der Waals surface area contributed by atoms with Gasteiger partial charge in [0.05, 0.1) is 5.69 Å². The van der Waals surface area contributed by atoms with Gasteiger partial charge in [0.25, 0.3) is 0 Å². The Morgan fingerprint density at radius 2 is 2.50 bits per heavy atom. The van der Waals surface area contributed by atoms with Crippen molar-refractivity contribution >= 4 is 17.2 Å². The Morgan fingerprint density at radius 1 is 1.69 bits per heavy atom. The minimum atomic E-state index is -0.0239. The zero-order valence-corrected chi connectivity index (χ0v) is 9.29. The van der Waals surface area contributed by atoms with E-state index in [0.29, 0.717) is 12.2 Å². The average Bonchev–Trinajstić information content (AvgIpc) is 2.83. The summed E-state index contributed by atoms with van der Waals surface area (Å²) >= 11 is 1.60. The highest BCUT2D eigenvalue weighted by Crippen LogP contribution is 2.21. The Hall–Kier alpha value is -2.06. The molecule has 0 unspecified atom stereocenters. The highest BCUT2D eigenvalue weighted by molar-refractivity contribution is 7.08. The van der Waals surface area contributed by atoms with Crippen LogP contribution in [0.2, 0.25) is 0 Å². The molecule has 2 heterocycles. The second-order valence-electron chi connectivity index (χ2n) is 3.20. The first-order valence-corrected chi connectivity index (χ1v) is 5.55. The molecule has 0 saturated carbocycles. The Balaban J connectivity index is 2.47. The maximum Gasteiger partial charge on any atom is 0.141 e. The SMILES string of the molecule is C#CCn1nc(-c2ccsc2)cc1C(=N)N. The number of hydrogen-bond donors (Lipinski definition) is 2. The average molecular weight is 230 g/mol. The maximum atomic E-state index is 7.44. The number of amidine groups is 1. The molecule has 3 N–H and O–H groups in total. The first-order chi connectivity index (χ1) is 7.72. The van der Waals surface area contributed by atoms with E-state index in [1.807, 2.05) is 16.8 Å². The van der Waals surface area contributed by atoms with Crippen LogP contribution >= 0.6 is 11.3 Å². The molecule has 5 heteroatoms. The van der Waals surface area contributed by atoms with Gasteiger partial charge in [-0.3, -0.25) is 5.41 Å². The summed E-state index contributed by atoms with van der Waals surface area (Å²) in [4.78, 5) is 0. The van der Waals surface area contributed by atoms with Crippen molar-refractivity contribution in [3.8, 4) is 23.6 Å². The van der Waals surface area contributed by atoms with E-state index in [0.717, 1.165) is 11.3 Å². The minimum Gasteiger partial charge on any atom is -0.382 e. The van der Waals surface area contributed by atoms with Crippen molar-refractivity contribution in [1.82, 2.24) is 9.78 Å². The number of nitrogen functional groups attached to an aromatic ring is 1. The fourth-order valence-corrected chi connectivity index (χ4v) is 2.04. The first-order valence-electron chi connectivity index (χ1n) is 4.60. The number of thiophene rings is 1. The van der Waals surface area contributed by atoms with Crippen LogP contribution < -0.4 is 5.73 Å². The first kappa shape index (κ1) is 10.5. The maximum absolute atomic E-state index is 7.44. The van der Waals surface area contributed by atoms with Gasteiger partial charge in [0.15, 0.2) is 0 Å². The van der Waals surface area contributed by atoms with Gasteiger partial charge in [0, 0.05) is 10.9 Å². The van der Waals surface area contributed by atoms with Crippen LogP contribution in [-0.2, 0) is 6.54 Å². The molecule has 0 radical (unpaired) electrons. The molecule has 2 rings (SSSR count). The van der Waals surface area contributed by atoms with Crippen LogP contribution in [0, 0.1) is 17.8 Å². The zero-order chi connectivity index (χ0) is 11.5. The standard InChI is InChI=1S/C11H10N4S/c1-2-4-15-10(11(12)13)6-9(14-15)8-3-5-16-7-8/h1,3,5-7H,4H2,(H3,12,13). The monoisotopic (exact) mass is 230 g/mol. The van der Waals surface area contributed by atoms with Crippen molar-refractivity contribution in [3.05, 3.63) is 28.6 Å². The molecular weight excluding hydrogens is 220 g/mol. The van der Waals surface area contributed by atoms with Crippen LogP contribution in [0.15, 0.2) is 22.9 Å². The fourth-order valence-electron chi connectivity index (χ4n) is 1.39. The van der Waals surface area contributed by atoms with Gasteiger partial charge in [-0.15, -0.1) is 6.42 Å². The highest BCUT2D eigenvalue weighted by Gasteiger charge is 2.11. The van der Waals surface area contributed by atoms with Gasteiger partial charge >= 0.3 is 0 Å².